The van der Waals surface area contributed by atoms with E-state index in [1.165, 1.54) is 5.56 Å². The predicted octanol–water partition coefficient (Wildman–Crippen LogP) is 3.12. The van der Waals surface area contributed by atoms with Crippen LogP contribution in [-0.4, -0.2) is 45.2 Å². The van der Waals surface area contributed by atoms with Crippen molar-refractivity contribution in [2.45, 2.75) is 26.8 Å². The van der Waals surface area contributed by atoms with Gasteiger partial charge in [0.2, 0.25) is 0 Å². The fourth-order valence-electron chi connectivity index (χ4n) is 2.94. The summed E-state index contributed by atoms with van der Waals surface area (Å²) in [6, 6.07) is 12.4. The maximum absolute atomic E-state index is 4.71. The lowest BCUT2D eigenvalue weighted by Gasteiger charge is -2.14. The standard InChI is InChI=1S/C21H29N7.HI/c1-3-22-21(24-16-18(2)17-27-14-4-11-25-27)23-13-10-19-6-8-20(9-7-19)28-15-5-12-26-28;/h4-9,11-12,14-15,18H,3,10,13,16-17H2,1-2H3,(H2,22,23,24);1H. The highest BCUT2D eigenvalue weighted by Gasteiger charge is 2.04. The van der Waals surface area contributed by atoms with E-state index in [0.29, 0.717) is 5.92 Å². The van der Waals surface area contributed by atoms with Gasteiger partial charge in [0.05, 0.1) is 5.69 Å². The summed E-state index contributed by atoms with van der Waals surface area (Å²) in [5, 5.41) is 15.3. The number of halogens is 1. The van der Waals surface area contributed by atoms with Crippen molar-refractivity contribution in [3.05, 3.63) is 66.7 Å². The molecule has 0 bridgehead atoms. The largest absolute Gasteiger partial charge is 0.357 e. The van der Waals surface area contributed by atoms with Crippen molar-refractivity contribution in [1.29, 1.82) is 0 Å². The number of guanidine groups is 1. The maximum Gasteiger partial charge on any atom is 0.191 e. The Balaban J connectivity index is 0.00000300. The van der Waals surface area contributed by atoms with Crippen LogP contribution in [0.4, 0.5) is 0 Å². The third-order valence-corrected chi connectivity index (χ3v) is 4.37. The van der Waals surface area contributed by atoms with Gasteiger partial charge >= 0.3 is 0 Å². The van der Waals surface area contributed by atoms with E-state index >= 15 is 0 Å². The number of aliphatic imine (C=N–C) groups is 1. The van der Waals surface area contributed by atoms with E-state index in [2.05, 4.69) is 58.9 Å². The fraction of sp³-hybridized carbons (Fsp3) is 0.381. The number of nitrogens with zero attached hydrogens (tertiary/aromatic N) is 5. The van der Waals surface area contributed by atoms with Crippen LogP contribution in [0.15, 0.2) is 66.2 Å². The van der Waals surface area contributed by atoms with Crippen LogP contribution in [0.2, 0.25) is 0 Å². The monoisotopic (exact) mass is 507 g/mol. The van der Waals surface area contributed by atoms with E-state index in [4.69, 9.17) is 4.99 Å². The Morgan fingerprint density at radius 1 is 1.07 bits per heavy atom. The lowest BCUT2D eigenvalue weighted by molar-refractivity contribution is 0.458. The molecule has 0 fully saturated rings. The molecule has 0 amide bonds. The molecule has 8 heteroatoms. The topological polar surface area (TPSA) is 72.1 Å². The first-order chi connectivity index (χ1) is 13.7. The summed E-state index contributed by atoms with van der Waals surface area (Å²) in [6.07, 6.45) is 8.47. The van der Waals surface area contributed by atoms with Gasteiger partial charge in [-0.3, -0.25) is 9.67 Å². The van der Waals surface area contributed by atoms with Gasteiger partial charge in [-0.25, -0.2) is 4.68 Å². The fourth-order valence-corrected chi connectivity index (χ4v) is 2.94. The highest BCUT2D eigenvalue weighted by atomic mass is 127. The van der Waals surface area contributed by atoms with E-state index in [1.807, 2.05) is 40.1 Å². The molecule has 0 saturated carbocycles. The van der Waals surface area contributed by atoms with Crippen LogP contribution in [0.1, 0.15) is 19.4 Å². The lowest BCUT2D eigenvalue weighted by Crippen LogP contribution is -2.38. The van der Waals surface area contributed by atoms with E-state index in [1.54, 1.807) is 6.20 Å². The number of aromatic nitrogens is 4. The van der Waals surface area contributed by atoms with Crippen molar-refractivity contribution >= 4 is 29.9 Å². The second kappa shape index (κ2) is 12.3. The van der Waals surface area contributed by atoms with Gasteiger partial charge in [-0.2, -0.15) is 10.2 Å². The molecule has 7 nitrogen and oxygen atoms in total. The van der Waals surface area contributed by atoms with Gasteiger partial charge in [-0.05, 0) is 49.1 Å². The molecule has 0 aliphatic rings. The van der Waals surface area contributed by atoms with Crippen molar-refractivity contribution in [2.75, 3.05) is 19.6 Å². The van der Waals surface area contributed by atoms with Gasteiger partial charge in [-0.15, -0.1) is 24.0 Å². The van der Waals surface area contributed by atoms with Gasteiger partial charge in [-0.1, -0.05) is 19.1 Å². The Morgan fingerprint density at radius 3 is 2.48 bits per heavy atom. The van der Waals surface area contributed by atoms with E-state index in [0.717, 1.165) is 44.2 Å². The minimum atomic E-state index is 0. The number of rotatable bonds is 9. The predicted molar refractivity (Wildman–Crippen MR) is 128 cm³/mol. The average molecular weight is 507 g/mol. The van der Waals surface area contributed by atoms with Crippen LogP contribution >= 0.6 is 24.0 Å². The Kier molecular flexibility index (Phi) is 9.69. The summed E-state index contributed by atoms with van der Waals surface area (Å²) < 4.78 is 3.82. The van der Waals surface area contributed by atoms with Crippen molar-refractivity contribution in [1.82, 2.24) is 30.2 Å². The number of benzene rings is 1. The van der Waals surface area contributed by atoms with Crippen molar-refractivity contribution < 1.29 is 0 Å². The summed E-state index contributed by atoms with van der Waals surface area (Å²) in [7, 11) is 0. The van der Waals surface area contributed by atoms with Crippen LogP contribution in [0.5, 0.6) is 0 Å². The SMILES string of the molecule is CCNC(=NCC(C)Cn1cccn1)NCCc1ccc(-n2cccn2)cc1.I. The molecule has 2 aromatic heterocycles. The second-order valence-corrected chi connectivity index (χ2v) is 6.85. The quantitative estimate of drug-likeness (QED) is 0.265. The molecule has 0 radical (unpaired) electrons. The third-order valence-electron chi connectivity index (χ3n) is 4.37. The molecule has 2 heterocycles. The van der Waals surface area contributed by atoms with Crippen LogP contribution in [0.3, 0.4) is 0 Å². The summed E-state index contributed by atoms with van der Waals surface area (Å²) in [5.41, 5.74) is 2.36. The van der Waals surface area contributed by atoms with E-state index in [9.17, 15) is 0 Å². The van der Waals surface area contributed by atoms with Gasteiger partial charge in [0.15, 0.2) is 5.96 Å². The van der Waals surface area contributed by atoms with Crippen molar-refractivity contribution in [3.63, 3.8) is 0 Å². The summed E-state index contributed by atoms with van der Waals surface area (Å²) in [6.45, 7) is 7.58. The van der Waals surface area contributed by atoms with Crippen LogP contribution in [-0.2, 0) is 13.0 Å². The van der Waals surface area contributed by atoms with E-state index < -0.39 is 0 Å². The zero-order chi connectivity index (χ0) is 19.6. The summed E-state index contributed by atoms with van der Waals surface area (Å²) in [5.74, 6) is 1.29. The molecule has 156 valence electrons. The Hall–Kier alpha value is -2.36. The Morgan fingerprint density at radius 2 is 1.83 bits per heavy atom. The molecule has 3 rings (SSSR count). The minimum Gasteiger partial charge on any atom is -0.357 e. The first-order valence-corrected chi connectivity index (χ1v) is 9.83. The van der Waals surface area contributed by atoms with Gasteiger partial charge in [0, 0.05) is 51.0 Å². The van der Waals surface area contributed by atoms with Crippen LogP contribution in [0, 0.1) is 5.92 Å². The highest BCUT2D eigenvalue weighted by molar-refractivity contribution is 14.0. The molecule has 3 aromatic rings. The molecule has 0 spiro atoms. The molecule has 1 unspecified atom stereocenters. The molecular formula is C21H30IN7. The number of hydrogen-bond donors (Lipinski definition) is 2. The molecule has 1 aromatic carbocycles. The average Bonchev–Trinajstić information content (AvgIpc) is 3.41. The normalized spacial score (nSPS) is 12.3. The molecule has 1 atom stereocenters. The van der Waals surface area contributed by atoms with Crippen molar-refractivity contribution in [2.24, 2.45) is 10.9 Å². The maximum atomic E-state index is 4.71. The van der Waals surface area contributed by atoms with Crippen LogP contribution in [0.25, 0.3) is 5.69 Å². The Bertz CT molecular complexity index is 827. The molecule has 29 heavy (non-hydrogen) atoms. The van der Waals surface area contributed by atoms with Crippen LogP contribution < -0.4 is 10.6 Å². The smallest absolute Gasteiger partial charge is 0.191 e. The molecular weight excluding hydrogens is 477 g/mol. The zero-order valence-electron chi connectivity index (χ0n) is 17.0. The summed E-state index contributed by atoms with van der Waals surface area (Å²) in [4.78, 5) is 4.71. The zero-order valence-corrected chi connectivity index (χ0v) is 19.4. The van der Waals surface area contributed by atoms with Gasteiger partial charge < -0.3 is 10.6 Å². The highest BCUT2D eigenvalue weighted by Crippen LogP contribution is 2.08. The van der Waals surface area contributed by atoms with E-state index in [-0.39, 0.29) is 24.0 Å². The molecule has 0 aliphatic carbocycles. The van der Waals surface area contributed by atoms with Crippen molar-refractivity contribution in [3.8, 4) is 5.69 Å². The Labute approximate surface area is 189 Å². The number of hydrogen-bond acceptors (Lipinski definition) is 3. The third kappa shape index (κ3) is 7.52. The molecule has 0 saturated heterocycles. The first-order valence-electron chi connectivity index (χ1n) is 9.83. The number of nitrogens with one attached hydrogen (secondary N) is 2. The second-order valence-electron chi connectivity index (χ2n) is 6.85. The summed E-state index contributed by atoms with van der Waals surface area (Å²) >= 11 is 0. The first kappa shape index (κ1) is 22.9. The van der Waals surface area contributed by atoms with Gasteiger partial charge in [0.25, 0.3) is 0 Å². The van der Waals surface area contributed by atoms with Gasteiger partial charge in [0.1, 0.15) is 0 Å². The lowest BCUT2D eigenvalue weighted by atomic mass is 10.1. The molecule has 2 N–H and O–H groups in total. The molecule has 0 aliphatic heterocycles. The minimum absolute atomic E-state index is 0.